The van der Waals surface area contributed by atoms with E-state index in [0.717, 1.165) is 48.6 Å². The summed E-state index contributed by atoms with van der Waals surface area (Å²) in [6, 6.07) is 10.2. The van der Waals surface area contributed by atoms with Gasteiger partial charge in [0.25, 0.3) is 5.56 Å². The maximum absolute atomic E-state index is 13.0. The standard InChI is InChI=1S/C20H23N3O3/c1-14-11-19-18(12-21-23(19)16-7-9-26-10-8-16)20(24)22(14)13-15-3-5-17(25-2)6-4-15/h3-6,11-12,16H,7-10,13H2,1-2H3. The first-order valence-corrected chi connectivity index (χ1v) is 8.95. The van der Waals surface area contributed by atoms with Crippen LogP contribution in [0.2, 0.25) is 0 Å². The molecule has 136 valence electrons. The molecule has 2 aromatic heterocycles. The van der Waals surface area contributed by atoms with Gasteiger partial charge in [0.05, 0.1) is 36.8 Å². The topological polar surface area (TPSA) is 58.3 Å². The van der Waals surface area contributed by atoms with Crippen molar-refractivity contribution >= 4 is 10.9 Å². The molecule has 0 N–H and O–H groups in total. The molecule has 0 bridgehead atoms. The number of methoxy groups -OCH3 is 1. The number of aromatic nitrogens is 3. The number of hydrogen-bond donors (Lipinski definition) is 0. The van der Waals surface area contributed by atoms with Gasteiger partial charge in [0.1, 0.15) is 5.75 Å². The lowest BCUT2D eigenvalue weighted by Gasteiger charge is -2.23. The van der Waals surface area contributed by atoms with Gasteiger partial charge < -0.3 is 14.0 Å². The fraction of sp³-hybridized carbons (Fsp3) is 0.400. The van der Waals surface area contributed by atoms with Gasteiger partial charge in [0, 0.05) is 18.9 Å². The van der Waals surface area contributed by atoms with Crippen molar-refractivity contribution in [2.75, 3.05) is 20.3 Å². The normalized spacial score (nSPS) is 15.5. The van der Waals surface area contributed by atoms with Crippen LogP contribution in [0.5, 0.6) is 5.75 Å². The van der Waals surface area contributed by atoms with Crippen LogP contribution < -0.4 is 10.3 Å². The van der Waals surface area contributed by atoms with Gasteiger partial charge in [0.15, 0.2) is 0 Å². The minimum Gasteiger partial charge on any atom is -0.497 e. The zero-order valence-corrected chi connectivity index (χ0v) is 15.1. The predicted molar refractivity (Wildman–Crippen MR) is 99.9 cm³/mol. The fourth-order valence-corrected chi connectivity index (χ4v) is 3.59. The number of rotatable bonds is 4. The molecule has 0 atom stereocenters. The molecule has 6 nitrogen and oxygen atoms in total. The van der Waals surface area contributed by atoms with E-state index in [9.17, 15) is 4.79 Å². The van der Waals surface area contributed by atoms with Crippen LogP contribution in [0.15, 0.2) is 41.3 Å². The van der Waals surface area contributed by atoms with Crippen LogP contribution in [0, 0.1) is 6.92 Å². The number of aryl methyl sites for hydroxylation is 1. The first kappa shape index (κ1) is 16.8. The highest BCUT2D eigenvalue weighted by Crippen LogP contribution is 2.24. The van der Waals surface area contributed by atoms with E-state index < -0.39 is 0 Å². The van der Waals surface area contributed by atoms with E-state index in [1.54, 1.807) is 17.9 Å². The number of benzene rings is 1. The minimum atomic E-state index is 0.00845. The molecule has 0 saturated carbocycles. The van der Waals surface area contributed by atoms with E-state index in [1.165, 1.54) is 0 Å². The van der Waals surface area contributed by atoms with Crippen LogP contribution >= 0.6 is 0 Å². The van der Waals surface area contributed by atoms with Crippen LogP contribution in [0.4, 0.5) is 0 Å². The molecule has 1 saturated heterocycles. The van der Waals surface area contributed by atoms with E-state index in [-0.39, 0.29) is 5.56 Å². The lowest BCUT2D eigenvalue weighted by atomic mass is 10.1. The van der Waals surface area contributed by atoms with Crippen molar-refractivity contribution in [3.8, 4) is 5.75 Å². The molecule has 26 heavy (non-hydrogen) atoms. The molecule has 0 aliphatic carbocycles. The molecule has 3 heterocycles. The zero-order valence-electron chi connectivity index (χ0n) is 15.1. The molecule has 0 radical (unpaired) electrons. The van der Waals surface area contributed by atoms with E-state index in [4.69, 9.17) is 9.47 Å². The SMILES string of the molecule is COc1ccc(Cn2c(C)cc3c(cnn3C3CCOCC3)c2=O)cc1. The third-order valence-corrected chi connectivity index (χ3v) is 5.12. The number of hydrogen-bond acceptors (Lipinski definition) is 4. The van der Waals surface area contributed by atoms with Gasteiger partial charge in [-0.2, -0.15) is 5.10 Å². The first-order chi connectivity index (χ1) is 12.7. The van der Waals surface area contributed by atoms with Gasteiger partial charge in [-0.05, 0) is 43.5 Å². The summed E-state index contributed by atoms with van der Waals surface area (Å²) in [5, 5.41) is 5.20. The second-order valence-electron chi connectivity index (χ2n) is 6.76. The van der Waals surface area contributed by atoms with Crippen molar-refractivity contribution in [2.45, 2.75) is 32.4 Å². The summed E-state index contributed by atoms with van der Waals surface area (Å²) in [5.41, 5.74) is 2.93. The average Bonchev–Trinajstić information content (AvgIpc) is 3.10. The van der Waals surface area contributed by atoms with Crippen molar-refractivity contribution in [3.05, 3.63) is 58.1 Å². The Morgan fingerprint density at radius 1 is 1.23 bits per heavy atom. The Morgan fingerprint density at radius 3 is 2.65 bits per heavy atom. The molecule has 1 aromatic carbocycles. The third kappa shape index (κ3) is 3.01. The molecule has 4 rings (SSSR count). The maximum Gasteiger partial charge on any atom is 0.262 e. The Kier molecular flexibility index (Phi) is 4.51. The highest BCUT2D eigenvalue weighted by atomic mass is 16.5. The molecule has 0 spiro atoms. The van der Waals surface area contributed by atoms with Gasteiger partial charge >= 0.3 is 0 Å². The van der Waals surface area contributed by atoms with Crippen molar-refractivity contribution < 1.29 is 9.47 Å². The molecule has 1 aliphatic heterocycles. The predicted octanol–water partition coefficient (Wildman–Crippen LogP) is 2.91. The van der Waals surface area contributed by atoms with Crippen molar-refractivity contribution in [3.63, 3.8) is 0 Å². The van der Waals surface area contributed by atoms with Crippen molar-refractivity contribution in [2.24, 2.45) is 0 Å². The second-order valence-corrected chi connectivity index (χ2v) is 6.76. The van der Waals surface area contributed by atoms with Gasteiger partial charge in [0.2, 0.25) is 0 Å². The first-order valence-electron chi connectivity index (χ1n) is 8.95. The maximum atomic E-state index is 13.0. The summed E-state index contributed by atoms with van der Waals surface area (Å²) >= 11 is 0. The van der Waals surface area contributed by atoms with E-state index in [2.05, 4.69) is 11.2 Å². The summed E-state index contributed by atoms with van der Waals surface area (Å²) in [6.45, 7) is 4.01. The lowest BCUT2D eigenvalue weighted by molar-refractivity contribution is 0.0675. The molecule has 6 heteroatoms. The molecule has 1 aliphatic rings. The summed E-state index contributed by atoms with van der Waals surface area (Å²) < 4.78 is 14.4. The Morgan fingerprint density at radius 2 is 1.96 bits per heavy atom. The van der Waals surface area contributed by atoms with E-state index in [1.807, 2.05) is 35.9 Å². The number of fused-ring (bicyclic) bond motifs is 1. The second kappa shape index (κ2) is 6.96. The minimum absolute atomic E-state index is 0.00845. The molecule has 0 amide bonds. The third-order valence-electron chi connectivity index (χ3n) is 5.12. The summed E-state index contributed by atoms with van der Waals surface area (Å²) in [7, 11) is 1.65. The molecule has 0 unspecified atom stereocenters. The zero-order chi connectivity index (χ0) is 18.1. The Balaban J connectivity index is 1.71. The van der Waals surface area contributed by atoms with Crippen LogP contribution in [0.1, 0.15) is 30.1 Å². The molecular weight excluding hydrogens is 330 g/mol. The summed E-state index contributed by atoms with van der Waals surface area (Å²) in [5.74, 6) is 0.811. The molecule has 3 aromatic rings. The average molecular weight is 353 g/mol. The van der Waals surface area contributed by atoms with Crippen LogP contribution in [0.3, 0.4) is 0 Å². The smallest absolute Gasteiger partial charge is 0.262 e. The van der Waals surface area contributed by atoms with Gasteiger partial charge in [-0.3, -0.25) is 9.48 Å². The number of pyridine rings is 1. The van der Waals surface area contributed by atoms with Crippen LogP contribution in [0.25, 0.3) is 10.9 Å². The van der Waals surface area contributed by atoms with Gasteiger partial charge in [-0.25, -0.2) is 0 Å². The van der Waals surface area contributed by atoms with Gasteiger partial charge in [-0.15, -0.1) is 0 Å². The van der Waals surface area contributed by atoms with Crippen LogP contribution in [-0.2, 0) is 11.3 Å². The Labute approximate surface area is 152 Å². The largest absolute Gasteiger partial charge is 0.497 e. The van der Waals surface area contributed by atoms with Crippen LogP contribution in [-0.4, -0.2) is 34.7 Å². The van der Waals surface area contributed by atoms with Crippen molar-refractivity contribution in [1.29, 1.82) is 0 Å². The fourth-order valence-electron chi connectivity index (χ4n) is 3.59. The monoisotopic (exact) mass is 353 g/mol. The Bertz CT molecular complexity index is 966. The van der Waals surface area contributed by atoms with Crippen molar-refractivity contribution in [1.82, 2.24) is 14.3 Å². The molecule has 1 fully saturated rings. The van der Waals surface area contributed by atoms with Gasteiger partial charge in [-0.1, -0.05) is 12.1 Å². The highest BCUT2D eigenvalue weighted by Gasteiger charge is 2.20. The van der Waals surface area contributed by atoms with E-state index in [0.29, 0.717) is 18.0 Å². The highest BCUT2D eigenvalue weighted by molar-refractivity contribution is 5.78. The number of nitrogens with zero attached hydrogens (tertiary/aromatic N) is 3. The molecular formula is C20H23N3O3. The van der Waals surface area contributed by atoms with E-state index >= 15 is 0 Å². The Hall–Kier alpha value is -2.60. The number of ether oxygens (including phenoxy) is 2. The summed E-state index contributed by atoms with van der Waals surface area (Å²) in [6.07, 6.45) is 3.58. The lowest BCUT2D eigenvalue weighted by Crippen LogP contribution is -2.24. The summed E-state index contributed by atoms with van der Waals surface area (Å²) in [4.78, 5) is 13.0. The quantitative estimate of drug-likeness (QED) is 0.724.